The molecule has 3 N–H and O–H groups in total. The molecule has 1 aromatic heterocycles. The van der Waals surface area contributed by atoms with Gasteiger partial charge in [-0.25, -0.2) is 8.78 Å². The van der Waals surface area contributed by atoms with Gasteiger partial charge in [-0.1, -0.05) is 0 Å². The van der Waals surface area contributed by atoms with Crippen molar-refractivity contribution in [2.45, 2.75) is 25.8 Å². The zero-order valence-corrected chi connectivity index (χ0v) is 11.5. The molecule has 4 nitrogen and oxygen atoms in total. The number of nitrogens with one attached hydrogen (secondary N) is 1. The molecule has 2 rings (SSSR count). The van der Waals surface area contributed by atoms with Gasteiger partial charge in [0.1, 0.15) is 11.6 Å². The zero-order chi connectivity index (χ0) is 15.4. The fourth-order valence-electron chi connectivity index (χ4n) is 1.96. The third kappa shape index (κ3) is 3.81. The highest BCUT2D eigenvalue weighted by atomic mass is 19.1. The van der Waals surface area contributed by atoms with Crippen LogP contribution >= 0.6 is 0 Å². The Kier molecular flexibility index (Phi) is 4.57. The largest absolute Gasteiger partial charge is 0.469 e. The Hall–Kier alpha value is -2.37. The molecule has 0 saturated heterocycles. The summed E-state index contributed by atoms with van der Waals surface area (Å²) in [6.45, 7) is 1.78. The maximum absolute atomic E-state index is 13.7. The van der Waals surface area contributed by atoms with Crippen LogP contribution in [0.15, 0.2) is 34.9 Å². The van der Waals surface area contributed by atoms with Crippen LogP contribution in [0.25, 0.3) is 0 Å². The van der Waals surface area contributed by atoms with Crippen molar-refractivity contribution in [2.75, 3.05) is 5.73 Å². The molecule has 1 heterocycles. The number of furan rings is 1. The van der Waals surface area contributed by atoms with Crippen molar-refractivity contribution in [3.05, 3.63) is 53.5 Å². The van der Waals surface area contributed by atoms with Crippen molar-refractivity contribution >= 4 is 11.6 Å². The standard InChI is InChI=1S/C15H16F2N2O2/c1-9(4-5-11-3-2-6-21-11)19-15(20)12-7-10(16)8-13(18)14(12)17/h2-3,6-9H,4-5,18H2,1H3,(H,19,20). The predicted octanol–water partition coefficient (Wildman–Crippen LogP) is 2.89. The number of rotatable bonds is 5. The number of hydrogen-bond acceptors (Lipinski definition) is 3. The van der Waals surface area contributed by atoms with Gasteiger partial charge in [0.25, 0.3) is 5.91 Å². The van der Waals surface area contributed by atoms with Crippen LogP contribution in [0, 0.1) is 11.6 Å². The summed E-state index contributed by atoms with van der Waals surface area (Å²) in [7, 11) is 0. The number of aryl methyl sites for hydroxylation is 1. The van der Waals surface area contributed by atoms with Gasteiger partial charge in [-0.05, 0) is 37.6 Å². The first-order valence-corrected chi connectivity index (χ1v) is 6.55. The van der Waals surface area contributed by atoms with E-state index in [1.165, 1.54) is 0 Å². The van der Waals surface area contributed by atoms with Crippen LogP contribution in [0.2, 0.25) is 0 Å². The van der Waals surface area contributed by atoms with E-state index in [2.05, 4.69) is 5.32 Å². The van der Waals surface area contributed by atoms with E-state index in [1.807, 2.05) is 6.07 Å². The Labute approximate surface area is 120 Å². The Morgan fingerprint density at radius 1 is 1.43 bits per heavy atom. The SMILES string of the molecule is CC(CCc1ccco1)NC(=O)c1cc(F)cc(N)c1F. The minimum absolute atomic E-state index is 0.216. The fourth-order valence-corrected chi connectivity index (χ4v) is 1.96. The van der Waals surface area contributed by atoms with E-state index >= 15 is 0 Å². The van der Waals surface area contributed by atoms with Gasteiger partial charge in [-0.3, -0.25) is 4.79 Å². The lowest BCUT2D eigenvalue weighted by atomic mass is 10.1. The first-order chi connectivity index (χ1) is 9.97. The first kappa shape index (κ1) is 15.0. The average Bonchev–Trinajstić information content (AvgIpc) is 2.93. The normalized spacial score (nSPS) is 12.1. The van der Waals surface area contributed by atoms with Gasteiger partial charge < -0.3 is 15.5 Å². The lowest BCUT2D eigenvalue weighted by Crippen LogP contribution is -2.33. The molecule has 0 bridgehead atoms. The molecule has 1 atom stereocenters. The van der Waals surface area contributed by atoms with E-state index in [0.29, 0.717) is 12.8 Å². The van der Waals surface area contributed by atoms with Crippen LogP contribution in [-0.4, -0.2) is 11.9 Å². The molecule has 112 valence electrons. The third-order valence-electron chi connectivity index (χ3n) is 3.09. The molecule has 1 aromatic carbocycles. The number of amides is 1. The summed E-state index contributed by atoms with van der Waals surface area (Å²) in [6.07, 6.45) is 2.83. The molecule has 6 heteroatoms. The van der Waals surface area contributed by atoms with Gasteiger partial charge in [-0.2, -0.15) is 0 Å². The highest BCUT2D eigenvalue weighted by molar-refractivity contribution is 5.95. The molecule has 1 amide bonds. The summed E-state index contributed by atoms with van der Waals surface area (Å²) in [5.41, 5.74) is 4.53. The van der Waals surface area contributed by atoms with E-state index in [9.17, 15) is 13.6 Å². The Morgan fingerprint density at radius 3 is 2.86 bits per heavy atom. The minimum atomic E-state index is -0.910. The number of nitrogens with two attached hydrogens (primary N) is 1. The molecule has 0 spiro atoms. The van der Waals surface area contributed by atoms with Crippen molar-refractivity contribution in [1.82, 2.24) is 5.32 Å². The van der Waals surface area contributed by atoms with Crippen molar-refractivity contribution in [3.8, 4) is 0 Å². The summed E-state index contributed by atoms with van der Waals surface area (Å²) >= 11 is 0. The first-order valence-electron chi connectivity index (χ1n) is 6.55. The summed E-state index contributed by atoms with van der Waals surface area (Å²) in [6, 6.07) is 5.07. The lowest BCUT2D eigenvalue weighted by Gasteiger charge is -2.14. The van der Waals surface area contributed by atoms with Crippen molar-refractivity contribution in [3.63, 3.8) is 0 Å². The Morgan fingerprint density at radius 2 is 2.19 bits per heavy atom. The number of anilines is 1. The van der Waals surface area contributed by atoms with Gasteiger partial charge in [0.2, 0.25) is 0 Å². The highest BCUT2D eigenvalue weighted by Gasteiger charge is 2.17. The second-order valence-corrected chi connectivity index (χ2v) is 4.85. The van der Waals surface area contributed by atoms with Crippen LogP contribution in [0.1, 0.15) is 29.5 Å². The number of halogens is 2. The molecule has 2 aromatic rings. The molecule has 0 radical (unpaired) electrons. The number of carbonyl (C=O) groups excluding carboxylic acids is 1. The van der Waals surface area contributed by atoms with Crippen molar-refractivity contribution in [2.24, 2.45) is 0 Å². The number of hydrogen-bond donors (Lipinski definition) is 2. The van der Waals surface area contributed by atoms with Crippen molar-refractivity contribution < 1.29 is 18.0 Å². The van der Waals surface area contributed by atoms with Gasteiger partial charge in [0.05, 0.1) is 17.5 Å². The maximum atomic E-state index is 13.7. The monoisotopic (exact) mass is 294 g/mol. The smallest absolute Gasteiger partial charge is 0.254 e. The zero-order valence-electron chi connectivity index (χ0n) is 11.5. The van der Waals surface area contributed by atoms with Crippen molar-refractivity contribution in [1.29, 1.82) is 0 Å². The van der Waals surface area contributed by atoms with Gasteiger partial charge in [0, 0.05) is 12.5 Å². The molecular formula is C15H16F2N2O2. The summed E-state index contributed by atoms with van der Waals surface area (Å²) in [5, 5.41) is 2.61. The second kappa shape index (κ2) is 6.39. The number of carbonyl (C=O) groups is 1. The molecule has 0 aliphatic rings. The lowest BCUT2D eigenvalue weighted by molar-refractivity contribution is 0.0933. The number of nitrogen functional groups attached to an aromatic ring is 1. The van der Waals surface area contributed by atoms with E-state index < -0.39 is 23.1 Å². The minimum Gasteiger partial charge on any atom is -0.469 e. The topological polar surface area (TPSA) is 68.3 Å². The average molecular weight is 294 g/mol. The van der Waals surface area contributed by atoms with E-state index in [1.54, 1.807) is 19.3 Å². The molecular weight excluding hydrogens is 278 g/mol. The molecule has 0 saturated carbocycles. The summed E-state index contributed by atoms with van der Waals surface area (Å²) in [4.78, 5) is 11.9. The van der Waals surface area contributed by atoms with Crippen LogP contribution in [0.5, 0.6) is 0 Å². The Bertz CT molecular complexity index is 627. The third-order valence-corrected chi connectivity index (χ3v) is 3.09. The van der Waals surface area contributed by atoms with Crippen LogP contribution < -0.4 is 11.1 Å². The molecule has 21 heavy (non-hydrogen) atoms. The Balaban J connectivity index is 1.97. The van der Waals surface area contributed by atoms with E-state index in [0.717, 1.165) is 17.9 Å². The number of benzene rings is 1. The van der Waals surface area contributed by atoms with E-state index in [4.69, 9.17) is 10.2 Å². The second-order valence-electron chi connectivity index (χ2n) is 4.85. The van der Waals surface area contributed by atoms with Crippen LogP contribution in [0.4, 0.5) is 14.5 Å². The molecule has 0 aliphatic heterocycles. The fraction of sp³-hybridized carbons (Fsp3) is 0.267. The van der Waals surface area contributed by atoms with Crippen LogP contribution in [-0.2, 0) is 6.42 Å². The maximum Gasteiger partial charge on any atom is 0.254 e. The summed E-state index contributed by atoms with van der Waals surface area (Å²) < 4.78 is 32.1. The van der Waals surface area contributed by atoms with Crippen LogP contribution in [0.3, 0.4) is 0 Å². The van der Waals surface area contributed by atoms with E-state index in [-0.39, 0.29) is 11.7 Å². The highest BCUT2D eigenvalue weighted by Crippen LogP contribution is 2.17. The molecule has 0 aliphatic carbocycles. The van der Waals surface area contributed by atoms with Gasteiger partial charge >= 0.3 is 0 Å². The van der Waals surface area contributed by atoms with Gasteiger partial charge in [0.15, 0.2) is 5.82 Å². The molecule has 1 unspecified atom stereocenters. The summed E-state index contributed by atoms with van der Waals surface area (Å²) in [5.74, 6) is -1.54. The molecule has 0 fully saturated rings. The van der Waals surface area contributed by atoms with Gasteiger partial charge in [-0.15, -0.1) is 0 Å². The predicted molar refractivity (Wildman–Crippen MR) is 74.7 cm³/mol. The quantitative estimate of drug-likeness (QED) is 0.833.